The standard InChI is InChI=1S/C25H32N4/c1-3-21-8-10-24(27-19-21)13-17-29(16-12-23-7-5-6-15-26-23)18-14-25-11-9-22(4-2)20-28-25/h5-11,15,19-20H,3-4,12-14,16-18H2,1-2H3. The molecule has 0 spiro atoms. The second kappa shape index (κ2) is 11.4. The van der Waals surface area contributed by atoms with Crippen LogP contribution in [0.5, 0.6) is 0 Å². The van der Waals surface area contributed by atoms with Crippen molar-refractivity contribution in [2.24, 2.45) is 0 Å². The summed E-state index contributed by atoms with van der Waals surface area (Å²) in [5.41, 5.74) is 6.06. The number of aromatic nitrogens is 3. The molecule has 0 aliphatic carbocycles. The fourth-order valence-corrected chi connectivity index (χ4v) is 3.32. The van der Waals surface area contributed by atoms with Crippen molar-refractivity contribution in [3.05, 3.63) is 89.3 Å². The maximum Gasteiger partial charge on any atom is 0.0416 e. The van der Waals surface area contributed by atoms with Crippen molar-refractivity contribution in [3.63, 3.8) is 0 Å². The first-order valence-corrected chi connectivity index (χ1v) is 10.8. The number of hydrogen-bond donors (Lipinski definition) is 0. The van der Waals surface area contributed by atoms with E-state index >= 15 is 0 Å². The molecule has 0 saturated carbocycles. The van der Waals surface area contributed by atoms with Crippen LogP contribution in [0, 0.1) is 0 Å². The van der Waals surface area contributed by atoms with Crippen LogP contribution in [0.15, 0.2) is 61.1 Å². The Morgan fingerprint density at radius 1 is 0.621 bits per heavy atom. The Morgan fingerprint density at radius 3 is 1.52 bits per heavy atom. The van der Waals surface area contributed by atoms with E-state index in [9.17, 15) is 0 Å². The van der Waals surface area contributed by atoms with E-state index in [0.29, 0.717) is 0 Å². The molecule has 0 fully saturated rings. The quantitative estimate of drug-likeness (QED) is 0.490. The van der Waals surface area contributed by atoms with Gasteiger partial charge in [0.1, 0.15) is 0 Å². The molecule has 0 atom stereocenters. The van der Waals surface area contributed by atoms with E-state index in [1.807, 2.05) is 24.7 Å². The highest BCUT2D eigenvalue weighted by Gasteiger charge is 2.08. The van der Waals surface area contributed by atoms with E-state index < -0.39 is 0 Å². The summed E-state index contributed by atoms with van der Waals surface area (Å²) in [5.74, 6) is 0. The summed E-state index contributed by atoms with van der Waals surface area (Å²) in [4.78, 5) is 16.2. The largest absolute Gasteiger partial charge is 0.302 e. The van der Waals surface area contributed by atoms with Crippen molar-refractivity contribution < 1.29 is 0 Å². The van der Waals surface area contributed by atoms with Gasteiger partial charge < -0.3 is 4.90 Å². The third-order valence-corrected chi connectivity index (χ3v) is 5.37. The summed E-state index contributed by atoms with van der Waals surface area (Å²) >= 11 is 0. The first-order chi connectivity index (χ1) is 14.3. The lowest BCUT2D eigenvalue weighted by Crippen LogP contribution is -2.31. The van der Waals surface area contributed by atoms with Crippen LogP contribution in [-0.2, 0) is 32.1 Å². The molecule has 0 bridgehead atoms. The van der Waals surface area contributed by atoms with Crippen LogP contribution in [0.25, 0.3) is 0 Å². The van der Waals surface area contributed by atoms with Crippen molar-refractivity contribution in [2.45, 2.75) is 46.0 Å². The summed E-state index contributed by atoms with van der Waals surface area (Å²) < 4.78 is 0. The third kappa shape index (κ3) is 7.06. The van der Waals surface area contributed by atoms with E-state index in [0.717, 1.165) is 68.8 Å². The molecule has 3 rings (SSSR count). The van der Waals surface area contributed by atoms with E-state index in [-0.39, 0.29) is 0 Å². The third-order valence-electron chi connectivity index (χ3n) is 5.37. The first-order valence-electron chi connectivity index (χ1n) is 10.8. The molecule has 3 heterocycles. The molecular formula is C25H32N4. The smallest absolute Gasteiger partial charge is 0.0416 e. The number of nitrogens with zero attached hydrogens (tertiary/aromatic N) is 4. The van der Waals surface area contributed by atoms with E-state index in [1.165, 1.54) is 11.1 Å². The fraction of sp³-hybridized carbons (Fsp3) is 0.400. The highest BCUT2D eigenvalue weighted by Crippen LogP contribution is 2.07. The molecule has 29 heavy (non-hydrogen) atoms. The van der Waals surface area contributed by atoms with Crippen molar-refractivity contribution in [1.82, 2.24) is 19.9 Å². The maximum atomic E-state index is 4.63. The van der Waals surface area contributed by atoms with Crippen molar-refractivity contribution in [2.75, 3.05) is 19.6 Å². The Balaban J connectivity index is 1.57. The summed E-state index contributed by atoms with van der Waals surface area (Å²) in [6.07, 6.45) is 10.9. The minimum Gasteiger partial charge on any atom is -0.302 e. The van der Waals surface area contributed by atoms with Gasteiger partial charge in [0.25, 0.3) is 0 Å². The van der Waals surface area contributed by atoms with Gasteiger partial charge in [0.2, 0.25) is 0 Å². The monoisotopic (exact) mass is 388 g/mol. The Morgan fingerprint density at radius 2 is 1.14 bits per heavy atom. The number of aryl methyl sites for hydroxylation is 2. The lowest BCUT2D eigenvalue weighted by atomic mass is 10.1. The van der Waals surface area contributed by atoms with Crippen LogP contribution in [0.2, 0.25) is 0 Å². The zero-order valence-corrected chi connectivity index (χ0v) is 17.7. The van der Waals surface area contributed by atoms with Crippen LogP contribution in [-0.4, -0.2) is 39.5 Å². The molecule has 3 aromatic heterocycles. The van der Waals surface area contributed by atoms with E-state index in [2.05, 4.69) is 70.1 Å². The SMILES string of the molecule is CCc1ccc(CCN(CCc2ccccn2)CCc2ccc(CC)cn2)nc1. The van der Waals surface area contributed by atoms with Crippen LogP contribution >= 0.6 is 0 Å². The molecule has 0 unspecified atom stereocenters. The molecule has 0 radical (unpaired) electrons. The maximum absolute atomic E-state index is 4.63. The Kier molecular flexibility index (Phi) is 8.32. The van der Waals surface area contributed by atoms with Gasteiger partial charge in [-0.3, -0.25) is 15.0 Å². The summed E-state index contributed by atoms with van der Waals surface area (Å²) in [7, 11) is 0. The van der Waals surface area contributed by atoms with Gasteiger partial charge >= 0.3 is 0 Å². The van der Waals surface area contributed by atoms with Gasteiger partial charge in [-0.05, 0) is 48.2 Å². The zero-order valence-electron chi connectivity index (χ0n) is 17.7. The Labute approximate surface area is 175 Å². The number of pyridine rings is 3. The van der Waals surface area contributed by atoms with Crippen molar-refractivity contribution in [3.8, 4) is 0 Å². The van der Waals surface area contributed by atoms with Crippen molar-refractivity contribution >= 4 is 0 Å². The van der Waals surface area contributed by atoms with Crippen LogP contribution < -0.4 is 0 Å². The predicted molar refractivity (Wildman–Crippen MR) is 119 cm³/mol. The predicted octanol–water partition coefficient (Wildman–Crippen LogP) is 4.33. The second-order valence-corrected chi connectivity index (χ2v) is 7.44. The molecule has 0 aliphatic rings. The normalized spacial score (nSPS) is 11.1. The highest BCUT2D eigenvalue weighted by molar-refractivity contribution is 5.15. The number of hydrogen-bond acceptors (Lipinski definition) is 4. The van der Waals surface area contributed by atoms with Gasteiger partial charge in [0.15, 0.2) is 0 Å². The summed E-state index contributed by atoms with van der Waals surface area (Å²) in [5, 5.41) is 0. The Hall–Kier alpha value is -2.59. The van der Waals surface area contributed by atoms with Gasteiger partial charge in [-0.1, -0.05) is 32.0 Å². The zero-order chi connectivity index (χ0) is 20.3. The number of rotatable bonds is 11. The molecule has 152 valence electrons. The molecule has 3 aromatic rings. The molecule has 4 heteroatoms. The molecule has 0 aromatic carbocycles. The van der Waals surface area contributed by atoms with Gasteiger partial charge in [-0.15, -0.1) is 0 Å². The van der Waals surface area contributed by atoms with E-state index in [4.69, 9.17) is 0 Å². The topological polar surface area (TPSA) is 41.9 Å². The lowest BCUT2D eigenvalue weighted by Gasteiger charge is -2.22. The molecular weight excluding hydrogens is 356 g/mol. The molecule has 0 N–H and O–H groups in total. The van der Waals surface area contributed by atoms with Crippen LogP contribution in [0.4, 0.5) is 0 Å². The molecule has 0 saturated heterocycles. The lowest BCUT2D eigenvalue weighted by molar-refractivity contribution is 0.281. The molecule has 0 amide bonds. The van der Waals surface area contributed by atoms with E-state index in [1.54, 1.807) is 0 Å². The molecule has 0 aliphatic heterocycles. The second-order valence-electron chi connectivity index (χ2n) is 7.44. The average molecular weight is 389 g/mol. The molecule has 4 nitrogen and oxygen atoms in total. The average Bonchev–Trinajstić information content (AvgIpc) is 2.80. The van der Waals surface area contributed by atoms with Gasteiger partial charge in [-0.25, -0.2) is 0 Å². The van der Waals surface area contributed by atoms with Crippen LogP contribution in [0.3, 0.4) is 0 Å². The van der Waals surface area contributed by atoms with Gasteiger partial charge in [0, 0.05) is 74.6 Å². The van der Waals surface area contributed by atoms with Crippen molar-refractivity contribution in [1.29, 1.82) is 0 Å². The van der Waals surface area contributed by atoms with Gasteiger partial charge in [-0.2, -0.15) is 0 Å². The highest BCUT2D eigenvalue weighted by atomic mass is 15.1. The van der Waals surface area contributed by atoms with Crippen LogP contribution in [0.1, 0.15) is 42.1 Å². The first kappa shape index (κ1) is 21.1. The van der Waals surface area contributed by atoms with Gasteiger partial charge in [0.05, 0.1) is 0 Å². The minimum atomic E-state index is 0.964. The minimum absolute atomic E-state index is 0.964. The Bertz CT molecular complexity index is 777. The fourth-order valence-electron chi connectivity index (χ4n) is 3.32. The summed E-state index contributed by atoms with van der Waals surface area (Å²) in [6, 6.07) is 14.9. The summed E-state index contributed by atoms with van der Waals surface area (Å²) in [6.45, 7) is 7.32.